The molecule has 6 heteroatoms. The summed E-state index contributed by atoms with van der Waals surface area (Å²) >= 11 is 3.35. The van der Waals surface area contributed by atoms with Crippen LogP contribution in [0.2, 0.25) is 0 Å². The van der Waals surface area contributed by atoms with Crippen LogP contribution in [0.1, 0.15) is 21.5 Å². The Morgan fingerprint density at radius 3 is 2.28 bits per heavy atom. The Labute approximate surface area is 178 Å². The summed E-state index contributed by atoms with van der Waals surface area (Å²) in [6.07, 6.45) is 0.220. The van der Waals surface area contributed by atoms with Gasteiger partial charge in [-0.3, -0.25) is 9.59 Å². The smallest absolute Gasteiger partial charge is 0.255 e. The summed E-state index contributed by atoms with van der Waals surface area (Å²) in [4.78, 5) is 24.7. The molecule has 0 saturated heterocycles. The van der Waals surface area contributed by atoms with E-state index < -0.39 is 0 Å². The molecule has 3 aromatic carbocycles. The molecule has 0 aliphatic heterocycles. The van der Waals surface area contributed by atoms with Crippen molar-refractivity contribution in [2.75, 3.05) is 17.7 Å². The van der Waals surface area contributed by atoms with Gasteiger partial charge in [-0.25, -0.2) is 0 Å². The molecule has 3 rings (SSSR count). The molecule has 0 bridgehead atoms. The minimum atomic E-state index is -0.186. The monoisotopic (exact) mass is 452 g/mol. The van der Waals surface area contributed by atoms with Crippen molar-refractivity contribution in [3.05, 3.63) is 87.9 Å². The highest BCUT2D eigenvalue weighted by molar-refractivity contribution is 9.10. The van der Waals surface area contributed by atoms with E-state index in [1.54, 1.807) is 31.4 Å². The van der Waals surface area contributed by atoms with E-state index in [1.165, 1.54) is 0 Å². The fourth-order valence-electron chi connectivity index (χ4n) is 2.81. The number of benzene rings is 3. The number of carbonyl (C=O) groups is 2. The van der Waals surface area contributed by atoms with E-state index in [0.717, 1.165) is 15.6 Å². The Kier molecular flexibility index (Phi) is 6.67. The summed E-state index contributed by atoms with van der Waals surface area (Å²) in [7, 11) is 1.57. The number of carbonyl (C=O) groups excluding carboxylic acids is 2. The molecule has 0 radical (unpaired) electrons. The van der Waals surface area contributed by atoms with Gasteiger partial charge in [0.2, 0.25) is 5.91 Å². The second-order valence-electron chi connectivity index (χ2n) is 6.59. The average molecular weight is 453 g/mol. The summed E-state index contributed by atoms with van der Waals surface area (Å²) in [5, 5.41) is 5.73. The fourth-order valence-corrected chi connectivity index (χ4v) is 3.07. The predicted molar refractivity (Wildman–Crippen MR) is 119 cm³/mol. The molecule has 0 unspecified atom stereocenters. The molecular formula is C23H21BrN2O3. The van der Waals surface area contributed by atoms with Gasteiger partial charge in [-0.1, -0.05) is 34.1 Å². The van der Waals surface area contributed by atoms with Crippen molar-refractivity contribution >= 4 is 39.1 Å². The Morgan fingerprint density at radius 2 is 1.62 bits per heavy atom. The maximum absolute atomic E-state index is 12.4. The summed E-state index contributed by atoms with van der Waals surface area (Å²) in [6, 6.07) is 20.0. The van der Waals surface area contributed by atoms with Gasteiger partial charge in [0.25, 0.3) is 5.91 Å². The van der Waals surface area contributed by atoms with E-state index in [9.17, 15) is 9.59 Å². The van der Waals surface area contributed by atoms with Crippen molar-refractivity contribution in [1.29, 1.82) is 0 Å². The van der Waals surface area contributed by atoms with E-state index in [2.05, 4.69) is 26.6 Å². The number of halogens is 1. The van der Waals surface area contributed by atoms with Gasteiger partial charge in [0, 0.05) is 15.7 Å². The Balaban J connectivity index is 1.60. The largest absolute Gasteiger partial charge is 0.495 e. The topological polar surface area (TPSA) is 67.4 Å². The van der Waals surface area contributed by atoms with Crippen molar-refractivity contribution in [3.8, 4) is 5.75 Å². The second kappa shape index (κ2) is 9.39. The third-order valence-corrected chi connectivity index (χ3v) is 4.84. The first-order chi connectivity index (χ1) is 13.9. The number of anilines is 2. The number of ether oxygens (including phenoxy) is 1. The van der Waals surface area contributed by atoms with Crippen molar-refractivity contribution < 1.29 is 14.3 Å². The third-order valence-electron chi connectivity index (χ3n) is 4.31. The normalized spacial score (nSPS) is 10.3. The SMILES string of the molecule is COc1ccc(C)cc1NC(=O)Cc1ccc(NC(=O)c2ccc(Br)cc2)cc1. The lowest BCUT2D eigenvalue weighted by atomic mass is 10.1. The molecule has 5 nitrogen and oxygen atoms in total. The molecule has 0 heterocycles. The fraction of sp³-hybridized carbons (Fsp3) is 0.130. The van der Waals surface area contributed by atoms with Crippen LogP contribution in [0.5, 0.6) is 5.75 Å². The first-order valence-corrected chi connectivity index (χ1v) is 9.84. The lowest BCUT2D eigenvalue weighted by Crippen LogP contribution is -2.15. The molecular weight excluding hydrogens is 432 g/mol. The van der Waals surface area contributed by atoms with E-state index in [4.69, 9.17) is 4.74 Å². The van der Waals surface area contributed by atoms with E-state index in [1.807, 2.05) is 49.4 Å². The van der Waals surface area contributed by atoms with Crippen LogP contribution >= 0.6 is 15.9 Å². The van der Waals surface area contributed by atoms with Crippen LogP contribution in [-0.2, 0) is 11.2 Å². The summed E-state index contributed by atoms with van der Waals surface area (Å²) in [6.45, 7) is 1.95. The number of nitrogens with one attached hydrogen (secondary N) is 2. The zero-order chi connectivity index (χ0) is 20.8. The first kappa shape index (κ1) is 20.6. The third kappa shape index (κ3) is 5.68. The van der Waals surface area contributed by atoms with Crippen molar-refractivity contribution in [3.63, 3.8) is 0 Å². The van der Waals surface area contributed by atoms with Gasteiger partial charge in [0.05, 0.1) is 19.2 Å². The summed E-state index contributed by atoms with van der Waals surface area (Å²) < 4.78 is 6.21. The number of methoxy groups -OCH3 is 1. The van der Waals surface area contributed by atoms with Crippen LogP contribution in [0.25, 0.3) is 0 Å². The quantitative estimate of drug-likeness (QED) is 0.539. The van der Waals surface area contributed by atoms with Crippen molar-refractivity contribution in [1.82, 2.24) is 0 Å². The minimum absolute atomic E-state index is 0.138. The van der Waals surface area contributed by atoms with E-state index >= 15 is 0 Å². The van der Waals surface area contributed by atoms with Crippen LogP contribution in [-0.4, -0.2) is 18.9 Å². The molecule has 148 valence electrons. The van der Waals surface area contributed by atoms with Crippen LogP contribution < -0.4 is 15.4 Å². The standard InChI is InChI=1S/C23H21BrN2O3/c1-15-3-12-21(29-2)20(13-15)26-22(27)14-16-4-10-19(11-5-16)25-23(28)17-6-8-18(24)9-7-17/h3-13H,14H2,1-2H3,(H,25,28)(H,26,27). The highest BCUT2D eigenvalue weighted by atomic mass is 79.9. The van der Waals surface area contributed by atoms with Crippen molar-refractivity contribution in [2.45, 2.75) is 13.3 Å². The maximum atomic E-state index is 12.4. The molecule has 0 aromatic heterocycles. The summed E-state index contributed by atoms with van der Waals surface area (Å²) in [5.74, 6) is 0.296. The van der Waals surface area contributed by atoms with Gasteiger partial charge in [0.15, 0.2) is 0 Å². The Hall–Kier alpha value is -3.12. The number of hydrogen-bond donors (Lipinski definition) is 2. The highest BCUT2D eigenvalue weighted by Gasteiger charge is 2.10. The molecule has 0 atom stereocenters. The minimum Gasteiger partial charge on any atom is -0.495 e. The molecule has 29 heavy (non-hydrogen) atoms. The first-order valence-electron chi connectivity index (χ1n) is 9.05. The van der Waals surface area contributed by atoms with Gasteiger partial charge >= 0.3 is 0 Å². The molecule has 3 aromatic rings. The maximum Gasteiger partial charge on any atom is 0.255 e. The Bertz CT molecular complexity index is 1020. The average Bonchev–Trinajstić information content (AvgIpc) is 2.70. The molecule has 0 aliphatic carbocycles. The van der Waals surface area contributed by atoms with Crippen LogP contribution in [0, 0.1) is 6.92 Å². The van der Waals surface area contributed by atoms with Gasteiger partial charge in [-0.2, -0.15) is 0 Å². The van der Waals surface area contributed by atoms with Gasteiger partial charge in [-0.15, -0.1) is 0 Å². The molecule has 0 fully saturated rings. The number of hydrogen-bond acceptors (Lipinski definition) is 3. The molecule has 0 saturated carbocycles. The zero-order valence-electron chi connectivity index (χ0n) is 16.2. The van der Waals surface area contributed by atoms with Crippen LogP contribution in [0.4, 0.5) is 11.4 Å². The molecule has 2 N–H and O–H groups in total. The van der Waals surface area contributed by atoms with Gasteiger partial charge < -0.3 is 15.4 Å². The Morgan fingerprint density at radius 1 is 0.931 bits per heavy atom. The van der Waals surface area contributed by atoms with Gasteiger partial charge in [-0.05, 0) is 66.6 Å². The van der Waals surface area contributed by atoms with E-state index in [0.29, 0.717) is 22.7 Å². The highest BCUT2D eigenvalue weighted by Crippen LogP contribution is 2.25. The van der Waals surface area contributed by atoms with Crippen LogP contribution in [0.15, 0.2) is 71.2 Å². The second-order valence-corrected chi connectivity index (χ2v) is 7.50. The summed E-state index contributed by atoms with van der Waals surface area (Å²) in [5.41, 5.74) is 3.77. The number of rotatable bonds is 6. The van der Waals surface area contributed by atoms with Crippen molar-refractivity contribution in [2.24, 2.45) is 0 Å². The molecule has 2 amide bonds. The molecule has 0 aliphatic rings. The molecule has 0 spiro atoms. The van der Waals surface area contributed by atoms with E-state index in [-0.39, 0.29) is 18.2 Å². The predicted octanol–water partition coefficient (Wildman–Crippen LogP) is 5.20. The zero-order valence-corrected chi connectivity index (χ0v) is 17.7. The number of amides is 2. The lowest BCUT2D eigenvalue weighted by molar-refractivity contribution is -0.115. The lowest BCUT2D eigenvalue weighted by Gasteiger charge is -2.11. The van der Waals surface area contributed by atoms with Crippen LogP contribution in [0.3, 0.4) is 0 Å². The van der Waals surface area contributed by atoms with Gasteiger partial charge in [0.1, 0.15) is 5.75 Å². The number of aryl methyl sites for hydroxylation is 1.